The number of hydrogen-bond acceptors (Lipinski definition) is 4. The number of oxazole rings is 1. The Morgan fingerprint density at radius 2 is 1.15 bits per heavy atom. The number of nitrogens with zero attached hydrogens (tertiary/aromatic N) is 2. The fourth-order valence-electron chi connectivity index (χ4n) is 8.50. The van der Waals surface area contributed by atoms with E-state index in [-0.39, 0.29) is 5.41 Å². The molecule has 0 saturated heterocycles. The molecular weight excluding hydrogens is 661 g/mol. The van der Waals surface area contributed by atoms with Gasteiger partial charge in [-0.25, -0.2) is 4.98 Å². The van der Waals surface area contributed by atoms with Gasteiger partial charge in [-0.05, 0) is 111 Å². The van der Waals surface area contributed by atoms with Crippen LogP contribution in [0.25, 0.3) is 77.5 Å². The first-order valence-electron chi connectivity index (χ1n) is 18.4. The van der Waals surface area contributed by atoms with Gasteiger partial charge >= 0.3 is 0 Å². The molecule has 1 aliphatic rings. The van der Waals surface area contributed by atoms with Crippen LogP contribution in [-0.2, 0) is 5.41 Å². The molecule has 0 aliphatic heterocycles. The molecule has 0 spiro atoms. The Bertz CT molecular complexity index is 3100. The van der Waals surface area contributed by atoms with Gasteiger partial charge in [-0.3, -0.25) is 0 Å². The van der Waals surface area contributed by atoms with Crippen molar-refractivity contribution in [3.63, 3.8) is 0 Å². The van der Waals surface area contributed by atoms with Crippen LogP contribution in [-0.4, -0.2) is 4.98 Å². The molecule has 8 aromatic carbocycles. The quantitative estimate of drug-likeness (QED) is 0.180. The number of fused-ring (bicyclic) bond motifs is 8. The van der Waals surface area contributed by atoms with E-state index in [1.807, 2.05) is 36.4 Å². The highest BCUT2D eigenvalue weighted by Gasteiger charge is 2.35. The minimum Gasteiger partial charge on any atom is -0.456 e. The predicted molar refractivity (Wildman–Crippen MR) is 222 cm³/mol. The van der Waals surface area contributed by atoms with Crippen molar-refractivity contribution in [3.8, 4) is 33.7 Å². The first-order chi connectivity index (χ1) is 26.5. The third-order valence-corrected chi connectivity index (χ3v) is 11.3. The second-order valence-electron chi connectivity index (χ2n) is 14.8. The molecule has 0 bridgehead atoms. The van der Waals surface area contributed by atoms with Gasteiger partial charge in [0.15, 0.2) is 5.58 Å². The Morgan fingerprint density at radius 1 is 0.444 bits per heavy atom. The summed E-state index contributed by atoms with van der Waals surface area (Å²) in [5.74, 6) is 0.599. The molecule has 54 heavy (non-hydrogen) atoms. The highest BCUT2D eigenvalue weighted by Crippen LogP contribution is 2.51. The highest BCUT2D eigenvalue weighted by molar-refractivity contribution is 6.10. The summed E-state index contributed by atoms with van der Waals surface area (Å²) >= 11 is 0. The standard InChI is InChI=1S/C50H34N2O2/c1-50(2)43-18-9-8-17-39(43)40-23-21-38(28-44(40)50)52(36-16-10-15-34(26-36)35-20-19-31-11-6-7-14-33(31)25-35)37-22-24-46-41(27-37)42-29-48-45(30-47(42)53-46)51-49(54-48)32-12-4-3-5-13-32/h3-30H,1-2H3. The van der Waals surface area contributed by atoms with Gasteiger partial charge in [0, 0.05) is 44.9 Å². The molecule has 0 radical (unpaired) electrons. The second-order valence-corrected chi connectivity index (χ2v) is 14.8. The zero-order chi connectivity index (χ0) is 36.0. The van der Waals surface area contributed by atoms with E-state index in [2.05, 4.69) is 152 Å². The maximum Gasteiger partial charge on any atom is 0.227 e. The Labute approximate surface area is 312 Å². The lowest BCUT2D eigenvalue weighted by atomic mass is 9.82. The minimum absolute atomic E-state index is 0.133. The van der Waals surface area contributed by atoms with Crippen molar-refractivity contribution in [1.82, 2.24) is 4.98 Å². The summed E-state index contributed by atoms with van der Waals surface area (Å²) in [5.41, 5.74) is 14.8. The van der Waals surface area contributed by atoms with Crippen LogP contribution in [0.2, 0.25) is 0 Å². The third kappa shape index (κ3) is 4.73. The number of anilines is 3. The van der Waals surface area contributed by atoms with Crippen LogP contribution < -0.4 is 4.90 Å². The smallest absolute Gasteiger partial charge is 0.227 e. The van der Waals surface area contributed by atoms with Crippen molar-refractivity contribution in [3.05, 3.63) is 181 Å². The predicted octanol–water partition coefficient (Wildman–Crippen LogP) is 14.0. The number of furan rings is 1. The molecule has 2 aromatic heterocycles. The minimum atomic E-state index is -0.133. The molecule has 10 aromatic rings. The van der Waals surface area contributed by atoms with Gasteiger partial charge in [0.05, 0.1) is 0 Å². The van der Waals surface area contributed by atoms with Crippen LogP contribution in [0, 0.1) is 0 Å². The summed E-state index contributed by atoms with van der Waals surface area (Å²) in [5, 5.41) is 4.48. The molecule has 0 unspecified atom stereocenters. The normalized spacial score (nSPS) is 13.1. The van der Waals surface area contributed by atoms with Crippen LogP contribution in [0.3, 0.4) is 0 Å². The van der Waals surface area contributed by atoms with E-state index in [4.69, 9.17) is 13.8 Å². The van der Waals surface area contributed by atoms with Gasteiger partial charge in [0.25, 0.3) is 0 Å². The van der Waals surface area contributed by atoms with Crippen molar-refractivity contribution < 1.29 is 8.83 Å². The Balaban J connectivity index is 1.09. The lowest BCUT2D eigenvalue weighted by Gasteiger charge is -2.28. The molecule has 0 saturated carbocycles. The van der Waals surface area contributed by atoms with Crippen LogP contribution in [0.4, 0.5) is 17.1 Å². The monoisotopic (exact) mass is 694 g/mol. The molecule has 4 nitrogen and oxygen atoms in total. The van der Waals surface area contributed by atoms with Crippen molar-refractivity contribution in [2.24, 2.45) is 0 Å². The highest BCUT2D eigenvalue weighted by atomic mass is 16.4. The third-order valence-electron chi connectivity index (χ3n) is 11.3. The molecule has 11 rings (SSSR count). The van der Waals surface area contributed by atoms with Crippen LogP contribution >= 0.6 is 0 Å². The van der Waals surface area contributed by atoms with Crippen LogP contribution in [0.15, 0.2) is 179 Å². The fourth-order valence-corrected chi connectivity index (χ4v) is 8.50. The van der Waals surface area contributed by atoms with Gasteiger partial charge in [-0.2, -0.15) is 0 Å². The van der Waals surface area contributed by atoms with Crippen molar-refractivity contribution >= 4 is 60.9 Å². The van der Waals surface area contributed by atoms with E-state index in [0.29, 0.717) is 5.89 Å². The van der Waals surface area contributed by atoms with Gasteiger partial charge in [-0.1, -0.05) is 111 Å². The number of benzene rings is 8. The topological polar surface area (TPSA) is 42.4 Å². The number of hydrogen-bond donors (Lipinski definition) is 0. The summed E-state index contributed by atoms with van der Waals surface area (Å²) in [4.78, 5) is 7.18. The molecule has 0 N–H and O–H groups in total. The van der Waals surface area contributed by atoms with Crippen LogP contribution in [0.1, 0.15) is 25.0 Å². The summed E-state index contributed by atoms with van der Waals surface area (Å²) in [6.07, 6.45) is 0. The first-order valence-corrected chi connectivity index (χ1v) is 18.4. The number of rotatable bonds is 5. The molecule has 256 valence electrons. The van der Waals surface area contributed by atoms with Crippen molar-refractivity contribution in [2.45, 2.75) is 19.3 Å². The molecule has 0 atom stereocenters. The largest absolute Gasteiger partial charge is 0.456 e. The maximum absolute atomic E-state index is 6.46. The molecule has 1 aliphatic carbocycles. The van der Waals surface area contributed by atoms with Gasteiger partial charge in [0.1, 0.15) is 16.7 Å². The Kier molecular flexibility index (Phi) is 6.56. The van der Waals surface area contributed by atoms with E-state index < -0.39 is 0 Å². The Morgan fingerprint density at radius 3 is 2.06 bits per heavy atom. The van der Waals surface area contributed by atoms with Gasteiger partial charge in [-0.15, -0.1) is 0 Å². The van der Waals surface area contributed by atoms with E-state index in [9.17, 15) is 0 Å². The zero-order valence-corrected chi connectivity index (χ0v) is 29.9. The molecule has 0 fully saturated rings. The molecular formula is C50H34N2O2. The summed E-state index contributed by atoms with van der Waals surface area (Å²) < 4.78 is 12.8. The van der Waals surface area contributed by atoms with E-state index in [1.165, 1.54) is 38.6 Å². The second kappa shape index (κ2) is 11.5. The molecule has 4 heteroatoms. The van der Waals surface area contributed by atoms with Gasteiger partial charge in [0.2, 0.25) is 5.89 Å². The average Bonchev–Trinajstić information content (AvgIpc) is 3.87. The number of aromatic nitrogens is 1. The van der Waals surface area contributed by atoms with E-state index >= 15 is 0 Å². The van der Waals surface area contributed by atoms with Gasteiger partial charge < -0.3 is 13.7 Å². The lowest BCUT2D eigenvalue weighted by molar-refractivity contribution is 0.620. The lowest BCUT2D eigenvalue weighted by Crippen LogP contribution is -2.16. The summed E-state index contributed by atoms with van der Waals surface area (Å²) in [6.45, 7) is 4.67. The molecule has 0 amide bonds. The van der Waals surface area contributed by atoms with E-state index in [0.717, 1.165) is 61.2 Å². The van der Waals surface area contributed by atoms with E-state index in [1.54, 1.807) is 0 Å². The van der Waals surface area contributed by atoms with Crippen molar-refractivity contribution in [1.29, 1.82) is 0 Å². The first kappa shape index (κ1) is 30.7. The average molecular weight is 695 g/mol. The zero-order valence-electron chi connectivity index (χ0n) is 29.9. The van der Waals surface area contributed by atoms with Crippen LogP contribution in [0.5, 0.6) is 0 Å². The molecule has 2 heterocycles. The summed E-state index contributed by atoms with van der Waals surface area (Å²) in [6, 6.07) is 60.5. The Hall–Kier alpha value is -6.91. The van der Waals surface area contributed by atoms with Crippen molar-refractivity contribution in [2.75, 3.05) is 4.90 Å². The maximum atomic E-state index is 6.46. The fraction of sp³-hybridized carbons (Fsp3) is 0.0600. The SMILES string of the molecule is CC1(C)c2ccccc2-c2ccc(N(c3cccc(-c4ccc5ccccc5c4)c3)c3ccc4oc5cc6nc(-c7ccccc7)oc6cc5c4c3)cc21. The summed E-state index contributed by atoms with van der Waals surface area (Å²) in [7, 11) is 0.